The van der Waals surface area contributed by atoms with Crippen LogP contribution in [0.5, 0.6) is 5.75 Å². The van der Waals surface area contributed by atoms with Gasteiger partial charge in [-0.3, -0.25) is 4.79 Å². The van der Waals surface area contributed by atoms with E-state index in [-0.39, 0.29) is 22.8 Å². The fourth-order valence-electron chi connectivity index (χ4n) is 6.15. The number of sulfonamides is 1. The molecule has 0 heterocycles. The third-order valence-electron chi connectivity index (χ3n) is 9.05. The lowest BCUT2D eigenvalue weighted by Crippen LogP contribution is -2.40. The number of esters is 1. The molecule has 0 aliphatic rings. The van der Waals surface area contributed by atoms with Gasteiger partial charge < -0.3 is 14.7 Å². The number of phenols is 1. The van der Waals surface area contributed by atoms with Gasteiger partial charge in [0.15, 0.2) is 0 Å². The van der Waals surface area contributed by atoms with E-state index in [4.69, 9.17) is 4.74 Å². The van der Waals surface area contributed by atoms with Crippen LogP contribution in [0.3, 0.4) is 0 Å². The molecule has 52 heavy (non-hydrogen) atoms. The van der Waals surface area contributed by atoms with Crippen molar-refractivity contribution in [2.24, 2.45) is 0 Å². The summed E-state index contributed by atoms with van der Waals surface area (Å²) in [7, 11) is -2.92. The van der Waals surface area contributed by atoms with Crippen LogP contribution in [0, 0.1) is 0 Å². The number of methoxy groups -OCH3 is 1. The van der Waals surface area contributed by atoms with Crippen LogP contribution < -0.4 is 9.62 Å². The van der Waals surface area contributed by atoms with Gasteiger partial charge in [0.05, 0.1) is 25.1 Å². The number of ether oxygens (including phenoxy) is 1. The van der Waals surface area contributed by atoms with Gasteiger partial charge in [0.2, 0.25) is 15.9 Å². The SMILES string of the molecule is CCCCCCCc1ccc(CN(C(=O)CNS(=O)(=O)c2ccc(-c3ccccc3)c(Cc3ccccc3)c2)c2ccc(O)c(C(=O)OC)c2)cc1. The van der Waals surface area contributed by atoms with Crippen LogP contribution >= 0.6 is 0 Å². The van der Waals surface area contributed by atoms with Crippen molar-refractivity contribution in [2.45, 2.75) is 63.3 Å². The van der Waals surface area contributed by atoms with E-state index in [1.807, 2.05) is 84.9 Å². The van der Waals surface area contributed by atoms with Gasteiger partial charge in [-0.15, -0.1) is 0 Å². The number of unbranched alkanes of at least 4 members (excludes halogenated alkanes) is 4. The highest BCUT2D eigenvalue weighted by Crippen LogP contribution is 2.29. The minimum atomic E-state index is -4.12. The lowest BCUT2D eigenvalue weighted by molar-refractivity contribution is -0.117. The Hall–Kier alpha value is -5.25. The summed E-state index contributed by atoms with van der Waals surface area (Å²) in [4.78, 5) is 27.8. The lowest BCUT2D eigenvalue weighted by Gasteiger charge is -2.24. The van der Waals surface area contributed by atoms with Crippen molar-refractivity contribution >= 4 is 27.6 Å². The monoisotopic (exact) mass is 718 g/mol. The van der Waals surface area contributed by atoms with Gasteiger partial charge >= 0.3 is 5.97 Å². The predicted octanol–water partition coefficient (Wildman–Crippen LogP) is 8.46. The maximum Gasteiger partial charge on any atom is 0.341 e. The van der Waals surface area contributed by atoms with E-state index in [2.05, 4.69) is 11.6 Å². The standard InChI is InChI=1S/C43H46N2O6S/c1-3-4-5-6-9-14-32-19-21-34(22-20-32)31-45(37-23-26-41(46)40(29-37)43(48)51-2)42(47)30-44-52(49,50)38-24-25-39(35-17-12-8-13-18-35)36(28-38)27-33-15-10-7-11-16-33/h7-8,10-13,15-26,28-29,44,46H,3-6,9,14,27,30-31H2,1-2H3. The van der Waals surface area contributed by atoms with Crippen molar-refractivity contribution in [3.63, 3.8) is 0 Å². The van der Waals surface area contributed by atoms with Crippen LogP contribution in [-0.4, -0.2) is 39.1 Å². The number of aryl methyl sites for hydroxylation is 1. The highest BCUT2D eigenvalue weighted by molar-refractivity contribution is 7.89. The number of carbonyl (C=O) groups is 2. The minimum absolute atomic E-state index is 0.0420. The smallest absolute Gasteiger partial charge is 0.341 e. The molecular weight excluding hydrogens is 673 g/mol. The second-order valence-electron chi connectivity index (χ2n) is 12.8. The molecule has 0 fully saturated rings. The number of carbonyl (C=O) groups excluding carboxylic acids is 2. The Morgan fingerprint density at radius 2 is 1.42 bits per heavy atom. The maximum atomic E-state index is 13.9. The fraction of sp³-hybridized carbons (Fsp3) is 0.256. The zero-order chi connectivity index (χ0) is 36.9. The molecule has 0 radical (unpaired) electrons. The zero-order valence-electron chi connectivity index (χ0n) is 29.8. The quantitative estimate of drug-likeness (QED) is 0.0737. The van der Waals surface area contributed by atoms with Gasteiger partial charge in [-0.1, -0.05) is 124 Å². The highest BCUT2D eigenvalue weighted by atomic mass is 32.2. The summed E-state index contributed by atoms with van der Waals surface area (Å²) >= 11 is 0. The van der Waals surface area contributed by atoms with Crippen molar-refractivity contribution in [3.8, 4) is 16.9 Å². The van der Waals surface area contributed by atoms with Gasteiger partial charge in [0.25, 0.3) is 0 Å². The number of nitrogens with zero attached hydrogens (tertiary/aromatic N) is 1. The van der Waals surface area contributed by atoms with Crippen molar-refractivity contribution in [1.82, 2.24) is 4.72 Å². The molecule has 2 N–H and O–H groups in total. The van der Waals surface area contributed by atoms with Crippen LogP contribution in [0.25, 0.3) is 11.1 Å². The molecule has 0 bridgehead atoms. The average molecular weight is 719 g/mol. The number of rotatable bonds is 17. The van der Waals surface area contributed by atoms with E-state index in [0.29, 0.717) is 12.1 Å². The molecule has 270 valence electrons. The fourth-order valence-corrected chi connectivity index (χ4v) is 7.17. The Bertz CT molecular complexity index is 2050. The van der Waals surface area contributed by atoms with E-state index < -0.39 is 28.4 Å². The van der Waals surface area contributed by atoms with E-state index in [9.17, 15) is 23.1 Å². The predicted molar refractivity (Wildman–Crippen MR) is 206 cm³/mol. The first-order valence-electron chi connectivity index (χ1n) is 17.7. The van der Waals surface area contributed by atoms with E-state index in [1.165, 1.54) is 61.5 Å². The molecule has 0 atom stereocenters. The molecule has 0 aromatic heterocycles. The molecule has 0 aliphatic carbocycles. The molecule has 1 amide bonds. The second-order valence-corrected chi connectivity index (χ2v) is 14.6. The summed E-state index contributed by atoms with van der Waals surface area (Å²) in [6, 6.07) is 36.8. The van der Waals surface area contributed by atoms with Crippen LogP contribution in [-0.2, 0) is 38.9 Å². The van der Waals surface area contributed by atoms with E-state index >= 15 is 0 Å². The topological polar surface area (TPSA) is 113 Å². The molecular formula is C43H46N2O6S. The van der Waals surface area contributed by atoms with Crippen LogP contribution in [0.1, 0.15) is 71.6 Å². The summed E-state index contributed by atoms with van der Waals surface area (Å²) in [5.41, 5.74) is 5.97. The van der Waals surface area contributed by atoms with Crippen molar-refractivity contribution in [1.29, 1.82) is 0 Å². The number of anilines is 1. The summed E-state index contributed by atoms with van der Waals surface area (Å²) < 4.78 is 34.8. The number of hydrogen-bond acceptors (Lipinski definition) is 6. The van der Waals surface area contributed by atoms with Crippen molar-refractivity contribution in [2.75, 3.05) is 18.6 Å². The number of benzene rings is 5. The Balaban J connectivity index is 1.38. The number of aromatic hydroxyl groups is 1. The Morgan fingerprint density at radius 3 is 2.12 bits per heavy atom. The molecule has 5 rings (SSSR count). The molecule has 0 unspecified atom stereocenters. The number of hydrogen-bond donors (Lipinski definition) is 2. The highest BCUT2D eigenvalue weighted by Gasteiger charge is 2.24. The van der Waals surface area contributed by atoms with E-state index in [1.54, 1.807) is 18.2 Å². The van der Waals surface area contributed by atoms with E-state index in [0.717, 1.165) is 40.7 Å². The van der Waals surface area contributed by atoms with Crippen LogP contribution in [0.15, 0.2) is 126 Å². The zero-order valence-corrected chi connectivity index (χ0v) is 30.6. The Kier molecular flexibility index (Phi) is 13.4. The van der Waals surface area contributed by atoms with Gasteiger partial charge in [-0.25, -0.2) is 17.9 Å². The van der Waals surface area contributed by atoms with Gasteiger partial charge in [0.1, 0.15) is 11.3 Å². The molecule has 0 saturated carbocycles. The summed E-state index contributed by atoms with van der Waals surface area (Å²) in [5, 5.41) is 10.3. The van der Waals surface area contributed by atoms with Crippen LogP contribution in [0.4, 0.5) is 5.69 Å². The molecule has 0 aliphatic heterocycles. The number of nitrogens with one attached hydrogen (secondary N) is 1. The minimum Gasteiger partial charge on any atom is -0.507 e. The first-order valence-corrected chi connectivity index (χ1v) is 19.2. The first-order chi connectivity index (χ1) is 25.2. The van der Waals surface area contributed by atoms with Gasteiger partial charge in [-0.05, 0) is 83.0 Å². The third kappa shape index (κ3) is 10.2. The molecule has 0 spiro atoms. The summed E-state index contributed by atoms with van der Waals surface area (Å²) in [6.07, 6.45) is 7.44. The maximum absolute atomic E-state index is 13.9. The molecule has 5 aromatic carbocycles. The summed E-state index contributed by atoms with van der Waals surface area (Å²) in [5.74, 6) is -1.60. The lowest BCUT2D eigenvalue weighted by atomic mass is 9.95. The molecule has 5 aromatic rings. The molecule has 8 nitrogen and oxygen atoms in total. The van der Waals surface area contributed by atoms with Gasteiger partial charge in [0, 0.05) is 5.69 Å². The average Bonchev–Trinajstić information content (AvgIpc) is 3.17. The Labute approximate surface area is 307 Å². The second kappa shape index (κ2) is 18.3. The summed E-state index contributed by atoms with van der Waals surface area (Å²) in [6.45, 7) is 1.76. The Morgan fingerprint density at radius 1 is 0.750 bits per heavy atom. The van der Waals surface area contributed by atoms with Gasteiger partial charge in [-0.2, -0.15) is 0 Å². The third-order valence-corrected chi connectivity index (χ3v) is 10.5. The van der Waals surface area contributed by atoms with Crippen LogP contribution in [0.2, 0.25) is 0 Å². The molecule has 9 heteroatoms. The molecule has 0 saturated heterocycles. The number of amides is 1. The van der Waals surface area contributed by atoms with Crippen molar-refractivity contribution < 1.29 is 27.9 Å². The largest absolute Gasteiger partial charge is 0.507 e. The normalized spacial score (nSPS) is 11.3. The van der Waals surface area contributed by atoms with Crippen molar-refractivity contribution in [3.05, 3.63) is 149 Å². The first kappa shape index (κ1) is 38.0. The number of phenolic OH excluding ortho intramolecular Hbond substituents is 1.